The summed E-state index contributed by atoms with van der Waals surface area (Å²) < 4.78 is 12.8. The number of benzene rings is 2. The molecule has 2 aliphatic rings. The van der Waals surface area contributed by atoms with Crippen molar-refractivity contribution in [2.24, 2.45) is 5.11 Å². The van der Waals surface area contributed by atoms with Gasteiger partial charge in [-0.3, -0.25) is 43.4 Å². The van der Waals surface area contributed by atoms with Crippen LogP contribution in [0.3, 0.4) is 0 Å². The summed E-state index contributed by atoms with van der Waals surface area (Å²) in [6, 6.07) is 21.5. The van der Waals surface area contributed by atoms with Gasteiger partial charge in [0.2, 0.25) is 23.6 Å². The maximum Gasteiger partial charge on any atom is 0.333 e. The number of esters is 2. The average Bonchev–Trinajstić information content (AvgIpc) is 0.837. The molecule has 0 bridgehead atoms. The summed E-state index contributed by atoms with van der Waals surface area (Å²) in [5.41, 5.74) is 13.8. The fourth-order valence-electron chi connectivity index (χ4n) is 12.0. The van der Waals surface area contributed by atoms with E-state index >= 15 is 0 Å². The number of hydrogen-bond acceptors (Lipinski definition) is 19. The molecule has 0 aliphatic heterocycles. The van der Waals surface area contributed by atoms with Gasteiger partial charge >= 0.3 is 23.9 Å². The number of nitrogens with one attached hydrogen (secondary N) is 2. The quantitative estimate of drug-likeness (QED) is 0.00535. The molecular formula is C90H164N12O12S4. The van der Waals surface area contributed by atoms with Gasteiger partial charge in [-0.1, -0.05) is 191 Å². The Bertz CT molecular complexity index is 3460. The zero-order valence-electron chi connectivity index (χ0n) is 63.8. The molecule has 2 atom stereocenters. The first-order chi connectivity index (χ1) is 51.5. The Morgan fingerprint density at radius 2 is 1.01 bits per heavy atom. The average molecular weight is 1730 g/mol. The molecule has 2 unspecified atom stereocenters. The third kappa shape index (κ3) is 53.7. The Balaban J connectivity index is -0.000000187. The number of amides is 4. The number of thiophene rings is 2. The molecule has 4 amide bonds. The number of fused-ring (bicyclic) bond motifs is 2. The van der Waals surface area contributed by atoms with E-state index in [9.17, 15) is 38.4 Å². The molecular weight excluding hydrogens is 1570 g/mol. The number of aliphatic carboxylic acids is 2. The molecule has 2 aromatic carbocycles. The standard InChI is InChI=1S/C37H52N6O6S2.C21H26N4O2S.C16H26N2O4S.2C2H6.12CH4/c1-3-18-41(19-15-31-10-7-22-51-31)30-13-14-32-28(25-30)8-5-11-33(32)49-37(48)27-43-26-29(39-40-43)9-6-12-34(44)38-17-20-42(35(45)4-2)21-24-50-23-16-36(46)47;1-2-11-25(12-10-18-6-4-13-28-18)17-8-9-19-16(14-17)5-3-7-20(19)27-21(26)15-23-24-22;1-3-5-6-7-14(19)17-9-10-18(15(20)4-2)11-13-23-12-8-16(21)22;2*1-2;;;;;;;;;;;;/h5,7-8,10-11,22,26,30H,3-4,6,9,12-21,23-25,27H2,1-2H3,(H,38,44)(H,46,47);3-7,13,17H,2,8-12,14-15H2,1H3;1H,4-13H2,2H3,(H,17,19)(H,21,22);2*1-2H3;12*1H4. The Labute approximate surface area is 733 Å². The maximum absolute atomic E-state index is 12.9. The van der Waals surface area contributed by atoms with Crippen molar-refractivity contribution in [1.29, 1.82) is 0 Å². The smallest absolute Gasteiger partial charge is 0.333 e. The lowest BCUT2D eigenvalue weighted by Crippen LogP contribution is -2.41. The number of azide groups is 1. The molecule has 0 fully saturated rings. The molecule has 118 heavy (non-hydrogen) atoms. The van der Waals surface area contributed by atoms with Crippen LogP contribution < -0.4 is 20.1 Å². The molecule has 4 N–H and O–H groups in total. The van der Waals surface area contributed by atoms with E-state index < -0.39 is 23.9 Å². The molecule has 680 valence electrons. The van der Waals surface area contributed by atoms with Gasteiger partial charge in [-0.2, -0.15) is 23.5 Å². The van der Waals surface area contributed by atoms with Gasteiger partial charge in [-0.05, 0) is 159 Å². The van der Waals surface area contributed by atoms with Crippen molar-refractivity contribution in [2.45, 2.75) is 292 Å². The molecule has 2 aliphatic carbocycles. The number of terminal acetylenes is 1. The van der Waals surface area contributed by atoms with E-state index in [-0.39, 0.29) is 139 Å². The number of carbonyl (C=O) groups excluding carboxylic acids is 6. The number of aryl methyl sites for hydroxylation is 1. The molecule has 28 heteroatoms. The zero-order chi connectivity index (χ0) is 77.7. The summed E-state index contributed by atoms with van der Waals surface area (Å²) in [4.78, 5) is 108. The van der Waals surface area contributed by atoms with Crippen LogP contribution in [0.2, 0.25) is 0 Å². The van der Waals surface area contributed by atoms with Crippen molar-refractivity contribution in [2.75, 3.05) is 95.0 Å². The lowest BCUT2D eigenvalue weighted by atomic mass is 9.86. The largest absolute Gasteiger partial charge is 0.481 e. The monoisotopic (exact) mass is 1730 g/mol. The summed E-state index contributed by atoms with van der Waals surface area (Å²) in [5.74, 6) is 3.40. The van der Waals surface area contributed by atoms with Gasteiger partial charge in [0.1, 0.15) is 24.6 Å². The lowest BCUT2D eigenvalue weighted by molar-refractivity contribution is -0.137. The minimum atomic E-state index is -0.832. The number of carboxylic acid groups (broad SMARTS) is 2. The van der Waals surface area contributed by atoms with E-state index in [1.807, 2.05) is 74.6 Å². The molecule has 0 spiro atoms. The molecule has 0 saturated carbocycles. The summed E-state index contributed by atoms with van der Waals surface area (Å²) in [6.07, 6.45) is 21.1. The third-order valence-corrected chi connectivity index (χ3v) is 20.9. The van der Waals surface area contributed by atoms with Crippen LogP contribution in [0.25, 0.3) is 10.4 Å². The van der Waals surface area contributed by atoms with Crippen LogP contribution in [-0.2, 0) is 89.8 Å². The number of carboxylic acids is 2. The number of ether oxygens (including phenoxy) is 2. The van der Waals surface area contributed by atoms with E-state index in [0.717, 1.165) is 102 Å². The molecule has 5 aromatic rings. The summed E-state index contributed by atoms with van der Waals surface area (Å²) in [5, 5.41) is 38.8. The number of aromatic nitrogens is 3. The van der Waals surface area contributed by atoms with Crippen molar-refractivity contribution in [3.05, 3.63) is 126 Å². The van der Waals surface area contributed by atoms with Crippen LogP contribution in [0.4, 0.5) is 0 Å². The second-order valence-electron chi connectivity index (χ2n) is 24.6. The normalized spacial score (nSPS) is 11.8. The van der Waals surface area contributed by atoms with Crippen LogP contribution in [0.5, 0.6) is 11.5 Å². The highest BCUT2D eigenvalue weighted by molar-refractivity contribution is 7.99. The number of thioether (sulfide) groups is 2. The first-order valence-corrected chi connectivity index (χ1v) is 41.7. The van der Waals surface area contributed by atoms with E-state index in [1.165, 1.54) is 49.1 Å². The van der Waals surface area contributed by atoms with Crippen molar-refractivity contribution >= 4 is 93.7 Å². The molecule has 3 heterocycles. The second-order valence-corrected chi connectivity index (χ2v) is 29.2. The second kappa shape index (κ2) is 80.3. The fraction of sp³-hybridized carbons (Fsp3) is 0.644. The van der Waals surface area contributed by atoms with Crippen molar-refractivity contribution in [3.8, 4) is 23.8 Å². The van der Waals surface area contributed by atoms with Gasteiger partial charge < -0.3 is 40.1 Å². The predicted molar refractivity (Wildman–Crippen MR) is 508 cm³/mol. The predicted octanol–water partition coefficient (Wildman–Crippen LogP) is 20.5. The Morgan fingerprint density at radius 1 is 0.576 bits per heavy atom. The van der Waals surface area contributed by atoms with Gasteiger partial charge in [-0.25, -0.2) is 9.48 Å². The molecule has 0 radical (unpaired) electrons. The highest BCUT2D eigenvalue weighted by Crippen LogP contribution is 2.34. The third-order valence-electron chi connectivity index (χ3n) is 17.1. The Kier molecular flexibility index (Phi) is 89.1. The maximum atomic E-state index is 12.9. The van der Waals surface area contributed by atoms with Crippen molar-refractivity contribution in [3.63, 3.8) is 0 Å². The zero-order valence-corrected chi connectivity index (χ0v) is 67.0. The summed E-state index contributed by atoms with van der Waals surface area (Å²) in [7, 11) is 0. The van der Waals surface area contributed by atoms with Crippen LogP contribution in [0.1, 0.15) is 266 Å². The van der Waals surface area contributed by atoms with E-state index in [1.54, 1.807) is 29.8 Å². The summed E-state index contributed by atoms with van der Waals surface area (Å²) in [6.45, 7) is 22.7. The van der Waals surface area contributed by atoms with E-state index in [0.29, 0.717) is 143 Å². The van der Waals surface area contributed by atoms with Gasteiger partial charge in [0, 0.05) is 140 Å². The Morgan fingerprint density at radius 3 is 1.40 bits per heavy atom. The van der Waals surface area contributed by atoms with Crippen LogP contribution in [-0.4, -0.2) is 199 Å². The van der Waals surface area contributed by atoms with Gasteiger partial charge in [0.05, 0.1) is 18.5 Å². The number of nitrogens with zero attached hydrogens (tertiary/aromatic N) is 10. The first kappa shape index (κ1) is 131. The topological polar surface area (TPSA) is 312 Å². The van der Waals surface area contributed by atoms with E-state index in [2.05, 4.69) is 108 Å². The summed E-state index contributed by atoms with van der Waals surface area (Å²) >= 11 is 6.65. The highest BCUT2D eigenvalue weighted by atomic mass is 32.2. The van der Waals surface area contributed by atoms with Crippen molar-refractivity contribution < 1.29 is 58.0 Å². The lowest BCUT2D eigenvalue weighted by Gasteiger charge is -2.35. The fourth-order valence-corrected chi connectivity index (χ4v) is 15.1. The number of hydrogen-bond donors (Lipinski definition) is 4. The Hall–Kier alpha value is -7.77. The first-order valence-electron chi connectivity index (χ1n) is 37.6. The van der Waals surface area contributed by atoms with Gasteiger partial charge in [-0.15, -0.1) is 40.1 Å². The number of carbonyl (C=O) groups is 8. The number of unbranched alkanes of at least 4 members (excludes halogenated alkanes) is 1. The minimum absolute atomic E-state index is 0. The van der Waals surface area contributed by atoms with Crippen molar-refractivity contribution in [1.82, 2.24) is 45.2 Å². The SMILES string of the molecule is C.C.C.C.C.C.C.C.C.C.C.C.C#CCCCC(=O)NCCN(CCSCCC(=O)O)C(=O)CC.CC.CC.CCCN(CCc1cccs1)C1CCc2c(cccc2OC(=O)CN=[N+]=[N-])C1.CCCN(CCc1cccs1)C1CCc2c(cccc2OC(=O)Cn2cc(CCCC(=O)NCCN(CCSCCC(=O)O)C(=O)CC)nn2)C1. The van der Waals surface area contributed by atoms with Crippen LogP contribution >= 0.6 is 46.2 Å². The minimum Gasteiger partial charge on any atom is -0.481 e. The molecule has 0 saturated heterocycles. The van der Waals surface area contributed by atoms with Crippen LogP contribution in [0.15, 0.2) is 82.7 Å². The molecule has 24 nitrogen and oxygen atoms in total. The molecule has 7 rings (SSSR count). The highest BCUT2D eigenvalue weighted by Gasteiger charge is 2.29. The van der Waals surface area contributed by atoms with Gasteiger partial charge in [0.25, 0.3) is 0 Å². The van der Waals surface area contributed by atoms with Crippen LogP contribution in [0, 0.1) is 12.3 Å². The molecule has 3 aromatic heterocycles. The number of rotatable bonds is 45. The van der Waals surface area contributed by atoms with Gasteiger partial charge in [0.15, 0.2) is 0 Å². The van der Waals surface area contributed by atoms with E-state index in [4.69, 9.17) is 31.6 Å².